The fraction of sp³-hybridized carbons (Fsp3) is 0.250. The number of alkyl halides is 3. The summed E-state index contributed by atoms with van der Waals surface area (Å²) in [7, 11) is 0. The number of ketones is 1. The first-order valence-corrected chi connectivity index (χ1v) is 10.1. The SMILES string of the molecule is Nc1nc2n(n1)C(c1ccc(C(F)(F)F)cc1)C1=C(CC(c3cccs3)CC1=O)N2. The van der Waals surface area contributed by atoms with Crippen molar-refractivity contribution < 1.29 is 18.0 Å². The number of aromatic nitrogens is 3. The van der Waals surface area contributed by atoms with Crippen LogP contribution < -0.4 is 11.1 Å². The molecule has 0 saturated heterocycles. The van der Waals surface area contributed by atoms with Crippen molar-refractivity contribution in [3.63, 3.8) is 0 Å². The number of nitrogens with two attached hydrogens (primary N) is 1. The number of anilines is 2. The number of halogens is 3. The van der Waals surface area contributed by atoms with Gasteiger partial charge in [0.05, 0.1) is 5.56 Å². The summed E-state index contributed by atoms with van der Waals surface area (Å²) in [4.78, 5) is 18.5. The van der Waals surface area contributed by atoms with Crippen molar-refractivity contribution in [1.82, 2.24) is 14.8 Å². The van der Waals surface area contributed by atoms with Gasteiger partial charge in [0.25, 0.3) is 0 Å². The van der Waals surface area contributed by atoms with E-state index in [2.05, 4.69) is 15.4 Å². The van der Waals surface area contributed by atoms with Gasteiger partial charge in [-0.25, -0.2) is 4.68 Å². The van der Waals surface area contributed by atoms with Crippen LogP contribution in [0.5, 0.6) is 0 Å². The van der Waals surface area contributed by atoms with Crippen molar-refractivity contribution in [3.8, 4) is 0 Å². The predicted octanol–water partition coefficient (Wildman–Crippen LogP) is 4.36. The van der Waals surface area contributed by atoms with E-state index in [1.54, 1.807) is 11.3 Å². The Hall–Kier alpha value is -3.14. The lowest BCUT2D eigenvalue weighted by atomic mass is 9.80. The highest BCUT2D eigenvalue weighted by atomic mass is 32.1. The predicted molar refractivity (Wildman–Crippen MR) is 106 cm³/mol. The molecule has 30 heavy (non-hydrogen) atoms. The number of thiophene rings is 1. The number of carbonyl (C=O) groups excluding carboxylic acids is 1. The van der Waals surface area contributed by atoms with E-state index in [-0.39, 0.29) is 17.6 Å². The molecular weight excluding hydrogens is 415 g/mol. The Balaban J connectivity index is 1.60. The van der Waals surface area contributed by atoms with Gasteiger partial charge in [-0.05, 0) is 35.6 Å². The van der Waals surface area contributed by atoms with E-state index in [0.717, 1.165) is 22.7 Å². The number of fused-ring (bicyclic) bond motifs is 1. The average molecular weight is 431 g/mol. The number of hydrogen-bond acceptors (Lipinski definition) is 6. The zero-order chi connectivity index (χ0) is 21.0. The van der Waals surface area contributed by atoms with Crippen LogP contribution in [0.3, 0.4) is 0 Å². The van der Waals surface area contributed by atoms with Crippen LogP contribution in [0, 0.1) is 0 Å². The second-order valence-corrected chi connectivity index (χ2v) is 8.30. The normalized spacial score (nSPS) is 21.2. The van der Waals surface area contributed by atoms with Crippen molar-refractivity contribution in [2.45, 2.75) is 31.0 Å². The van der Waals surface area contributed by atoms with Crippen LogP contribution in [0.25, 0.3) is 0 Å². The lowest BCUT2D eigenvalue weighted by molar-refractivity contribution is -0.137. The van der Waals surface area contributed by atoms with Gasteiger partial charge in [0.15, 0.2) is 5.78 Å². The fourth-order valence-corrected chi connectivity index (χ4v) is 4.95. The van der Waals surface area contributed by atoms with Crippen LogP contribution in [-0.2, 0) is 11.0 Å². The van der Waals surface area contributed by atoms with Gasteiger partial charge in [-0.2, -0.15) is 18.2 Å². The number of carbonyl (C=O) groups is 1. The van der Waals surface area contributed by atoms with E-state index in [1.807, 2.05) is 17.5 Å². The molecule has 0 amide bonds. The first-order chi connectivity index (χ1) is 14.3. The lowest BCUT2D eigenvalue weighted by Gasteiger charge is -2.34. The van der Waals surface area contributed by atoms with Gasteiger partial charge in [-0.15, -0.1) is 16.4 Å². The Bertz CT molecular complexity index is 1150. The maximum atomic E-state index is 13.2. The second kappa shape index (κ2) is 6.69. The summed E-state index contributed by atoms with van der Waals surface area (Å²) in [5.74, 6) is 0.378. The van der Waals surface area contributed by atoms with Crippen LogP contribution in [0.1, 0.15) is 40.8 Å². The molecule has 1 aliphatic heterocycles. The van der Waals surface area contributed by atoms with Crippen molar-refractivity contribution >= 4 is 29.0 Å². The quantitative estimate of drug-likeness (QED) is 0.630. The number of Topliss-reactive ketones (excluding diaryl/α,β-unsaturated/α-hetero) is 1. The first-order valence-electron chi connectivity index (χ1n) is 9.27. The number of nitrogens with zero attached hydrogens (tertiary/aromatic N) is 3. The highest BCUT2D eigenvalue weighted by molar-refractivity contribution is 7.10. The number of allylic oxidation sites excluding steroid dienone is 2. The molecule has 3 heterocycles. The maximum absolute atomic E-state index is 13.2. The molecule has 3 aromatic rings. The summed E-state index contributed by atoms with van der Waals surface area (Å²) in [6, 6.07) is 8.06. The zero-order valence-electron chi connectivity index (χ0n) is 15.5. The highest BCUT2D eigenvalue weighted by Crippen LogP contribution is 2.45. The molecule has 2 unspecified atom stereocenters. The topological polar surface area (TPSA) is 85.8 Å². The van der Waals surface area contributed by atoms with E-state index in [9.17, 15) is 18.0 Å². The Kier molecular flexibility index (Phi) is 4.21. The van der Waals surface area contributed by atoms with Crippen molar-refractivity contribution in [2.75, 3.05) is 11.1 Å². The van der Waals surface area contributed by atoms with Crippen molar-refractivity contribution in [2.24, 2.45) is 0 Å². The third kappa shape index (κ3) is 3.07. The van der Waals surface area contributed by atoms with Gasteiger partial charge < -0.3 is 11.1 Å². The molecule has 3 N–H and O–H groups in total. The van der Waals surface area contributed by atoms with Crippen LogP contribution in [0.4, 0.5) is 25.1 Å². The third-order valence-corrected chi connectivity index (χ3v) is 6.47. The first kappa shape index (κ1) is 18.9. The van der Waals surface area contributed by atoms with E-state index in [0.29, 0.717) is 29.9 Å². The van der Waals surface area contributed by atoms with Gasteiger partial charge in [0.2, 0.25) is 11.9 Å². The van der Waals surface area contributed by atoms with Crippen molar-refractivity contribution in [1.29, 1.82) is 0 Å². The monoisotopic (exact) mass is 431 g/mol. The molecule has 2 aliphatic rings. The average Bonchev–Trinajstić information content (AvgIpc) is 3.34. The Labute approximate surface area is 173 Å². The highest BCUT2D eigenvalue weighted by Gasteiger charge is 2.40. The minimum atomic E-state index is -4.44. The minimum absolute atomic E-state index is 0.0246. The summed E-state index contributed by atoms with van der Waals surface area (Å²) < 4.78 is 40.5. The largest absolute Gasteiger partial charge is 0.416 e. The molecule has 154 valence electrons. The Morgan fingerprint density at radius 2 is 1.93 bits per heavy atom. The summed E-state index contributed by atoms with van der Waals surface area (Å²) >= 11 is 1.60. The number of rotatable bonds is 2. The molecule has 0 saturated carbocycles. The third-order valence-electron chi connectivity index (χ3n) is 5.44. The molecule has 10 heteroatoms. The molecule has 1 aliphatic carbocycles. The number of nitrogen functional groups attached to an aromatic ring is 1. The smallest absolute Gasteiger partial charge is 0.366 e. The molecule has 0 radical (unpaired) electrons. The van der Waals surface area contributed by atoms with Gasteiger partial charge in [0, 0.05) is 28.5 Å². The van der Waals surface area contributed by atoms with Gasteiger partial charge in [-0.3, -0.25) is 4.79 Å². The summed E-state index contributed by atoms with van der Waals surface area (Å²) in [6.07, 6.45) is -3.50. The molecule has 2 aromatic heterocycles. The summed E-state index contributed by atoms with van der Waals surface area (Å²) in [5, 5.41) is 9.33. The van der Waals surface area contributed by atoms with Crippen molar-refractivity contribution in [3.05, 3.63) is 69.1 Å². The van der Waals surface area contributed by atoms with Gasteiger partial charge in [0.1, 0.15) is 6.04 Å². The molecule has 5 rings (SSSR count). The van der Waals surface area contributed by atoms with E-state index >= 15 is 0 Å². The van der Waals surface area contributed by atoms with Crippen LogP contribution >= 0.6 is 11.3 Å². The molecular formula is C20H16F3N5OS. The van der Waals surface area contributed by atoms with Crippen LogP contribution in [-0.4, -0.2) is 20.5 Å². The number of nitrogens with one attached hydrogen (secondary N) is 1. The maximum Gasteiger partial charge on any atom is 0.416 e. The molecule has 0 spiro atoms. The van der Waals surface area contributed by atoms with Gasteiger partial charge >= 0.3 is 6.18 Å². The standard InChI is InChI=1S/C20H16F3N5OS/c21-20(22,23)12-5-3-10(4-6-12)17-16-13(25-19-26-18(24)27-28(17)19)8-11(9-14(16)29)15-2-1-7-30-15/h1-7,11,17H,8-9H2,(H3,24,25,26,27). The Morgan fingerprint density at radius 1 is 1.17 bits per heavy atom. The van der Waals surface area contributed by atoms with E-state index < -0.39 is 17.8 Å². The second-order valence-electron chi connectivity index (χ2n) is 7.32. The molecule has 0 bridgehead atoms. The Morgan fingerprint density at radius 3 is 2.60 bits per heavy atom. The van der Waals surface area contributed by atoms with Gasteiger partial charge in [-0.1, -0.05) is 18.2 Å². The summed E-state index contributed by atoms with van der Waals surface area (Å²) in [5.41, 5.74) is 6.76. The zero-order valence-corrected chi connectivity index (χ0v) is 16.3. The van der Waals surface area contributed by atoms with E-state index in [1.165, 1.54) is 16.8 Å². The minimum Gasteiger partial charge on any atom is -0.366 e. The fourth-order valence-electron chi connectivity index (χ4n) is 4.12. The molecule has 6 nitrogen and oxygen atoms in total. The summed E-state index contributed by atoms with van der Waals surface area (Å²) in [6.45, 7) is 0. The van der Waals surface area contributed by atoms with Crippen LogP contribution in [0.2, 0.25) is 0 Å². The molecule has 2 atom stereocenters. The molecule has 0 fully saturated rings. The number of benzene rings is 1. The van der Waals surface area contributed by atoms with Crippen LogP contribution in [0.15, 0.2) is 53.0 Å². The molecule has 1 aromatic carbocycles. The van der Waals surface area contributed by atoms with E-state index in [4.69, 9.17) is 5.73 Å². The lowest BCUT2D eigenvalue weighted by Crippen LogP contribution is -2.33. The number of hydrogen-bond donors (Lipinski definition) is 2.